The molecule has 3 rings (SSSR count). The quantitative estimate of drug-likeness (QED) is 0.671. The Kier molecular flexibility index (Phi) is 5.30. The molecule has 0 aliphatic heterocycles. The lowest BCUT2D eigenvalue weighted by molar-refractivity contribution is 0.0513. The highest BCUT2D eigenvalue weighted by Gasteiger charge is 2.18. The average molecular weight is 371 g/mol. The minimum Gasteiger partial charge on any atom is -0.461 e. The number of anilines is 1. The number of hydrogen-bond donors (Lipinski definition) is 1. The Morgan fingerprint density at radius 2 is 2.11 bits per heavy atom. The van der Waals surface area contributed by atoms with Crippen molar-refractivity contribution in [3.8, 4) is 0 Å². The molecule has 0 saturated heterocycles. The number of benzene rings is 1. The van der Waals surface area contributed by atoms with E-state index in [2.05, 4.69) is 15.5 Å². The number of esters is 1. The molecule has 3 aromatic rings. The van der Waals surface area contributed by atoms with E-state index < -0.39 is 11.9 Å². The number of rotatable bonds is 6. The molecule has 0 saturated carbocycles. The SMILES string of the molecule is CCOC(=O)c1cc(C(=O)Nc2cnn(Cc3cccc(F)c3)c2)nn1C. The van der Waals surface area contributed by atoms with Crippen molar-refractivity contribution in [3.63, 3.8) is 0 Å². The maximum Gasteiger partial charge on any atom is 0.356 e. The van der Waals surface area contributed by atoms with E-state index in [0.29, 0.717) is 12.2 Å². The smallest absolute Gasteiger partial charge is 0.356 e. The van der Waals surface area contributed by atoms with E-state index in [1.165, 1.54) is 29.1 Å². The van der Waals surface area contributed by atoms with E-state index >= 15 is 0 Å². The van der Waals surface area contributed by atoms with Crippen LogP contribution in [0.4, 0.5) is 10.1 Å². The molecular weight excluding hydrogens is 353 g/mol. The first-order valence-electron chi connectivity index (χ1n) is 8.25. The second-order valence-electron chi connectivity index (χ2n) is 5.77. The fourth-order valence-electron chi connectivity index (χ4n) is 2.51. The van der Waals surface area contributed by atoms with E-state index in [9.17, 15) is 14.0 Å². The van der Waals surface area contributed by atoms with Crippen LogP contribution in [0.15, 0.2) is 42.7 Å². The van der Waals surface area contributed by atoms with E-state index in [4.69, 9.17) is 4.74 Å². The Morgan fingerprint density at radius 3 is 2.85 bits per heavy atom. The van der Waals surface area contributed by atoms with E-state index in [1.807, 2.05) is 0 Å². The van der Waals surface area contributed by atoms with Crippen molar-refractivity contribution in [1.82, 2.24) is 19.6 Å². The normalized spacial score (nSPS) is 10.6. The van der Waals surface area contributed by atoms with Crippen LogP contribution in [-0.4, -0.2) is 38.0 Å². The number of ether oxygens (including phenoxy) is 1. The van der Waals surface area contributed by atoms with Gasteiger partial charge in [0.15, 0.2) is 5.69 Å². The van der Waals surface area contributed by atoms with Crippen LogP contribution in [0.25, 0.3) is 0 Å². The van der Waals surface area contributed by atoms with Gasteiger partial charge in [0.05, 0.1) is 25.0 Å². The highest BCUT2D eigenvalue weighted by Crippen LogP contribution is 2.12. The number of nitrogens with one attached hydrogen (secondary N) is 1. The fourth-order valence-corrected chi connectivity index (χ4v) is 2.51. The molecule has 8 nitrogen and oxygen atoms in total. The topological polar surface area (TPSA) is 91.0 Å². The zero-order chi connectivity index (χ0) is 19.4. The van der Waals surface area contributed by atoms with Gasteiger partial charge in [0.25, 0.3) is 5.91 Å². The van der Waals surface area contributed by atoms with Crippen molar-refractivity contribution < 1.29 is 18.7 Å². The van der Waals surface area contributed by atoms with Crippen molar-refractivity contribution >= 4 is 17.6 Å². The highest BCUT2D eigenvalue weighted by molar-refractivity contribution is 6.04. The predicted octanol–water partition coefficient (Wildman–Crippen LogP) is 2.23. The third-order valence-electron chi connectivity index (χ3n) is 3.72. The van der Waals surface area contributed by atoms with Crippen molar-refractivity contribution in [1.29, 1.82) is 0 Å². The zero-order valence-corrected chi connectivity index (χ0v) is 14.8. The second-order valence-corrected chi connectivity index (χ2v) is 5.77. The molecule has 0 radical (unpaired) electrons. The van der Waals surface area contributed by atoms with Crippen molar-refractivity contribution in [2.24, 2.45) is 7.05 Å². The van der Waals surface area contributed by atoms with Gasteiger partial charge in [-0.1, -0.05) is 12.1 Å². The van der Waals surface area contributed by atoms with Crippen LogP contribution in [-0.2, 0) is 18.3 Å². The Balaban J connectivity index is 1.67. The van der Waals surface area contributed by atoms with E-state index in [-0.39, 0.29) is 23.8 Å². The Hall–Kier alpha value is -3.49. The second kappa shape index (κ2) is 7.81. The number of aryl methyl sites for hydroxylation is 1. The van der Waals surface area contributed by atoms with Crippen LogP contribution in [0.3, 0.4) is 0 Å². The minimum absolute atomic E-state index is 0.0819. The molecule has 0 bridgehead atoms. The van der Waals surface area contributed by atoms with Crippen LogP contribution in [0.2, 0.25) is 0 Å². The summed E-state index contributed by atoms with van der Waals surface area (Å²) in [6, 6.07) is 7.57. The Bertz CT molecular complexity index is 979. The van der Waals surface area contributed by atoms with Crippen LogP contribution in [0.5, 0.6) is 0 Å². The molecule has 1 aromatic carbocycles. The monoisotopic (exact) mass is 371 g/mol. The average Bonchev–Trinajstić information content (AvgIpc) is 3.21. The molecule has 2 aromatic heterocycles. The summed E-state index contributed by atoms with van der Waals surface area (Å²) in [5.74, 6) is -1.35. The Labute approximate surface area is 154 Å². The molecule has 1 N–H and O–H groups in total. The predicted molar refractivity (Wildman–Crippen MR) is 94.8 cm³/mol. The lowest BCUT2D eigenvalue weighted by atomic mass is 10.2. The summed E-state index contributed by atoms with van der Waals surface area (Å²) in [5.41, 5.74) is 1.47. The fraction of sp³-hybridized carbons (Fsp3) is 0.222. The molecule has 0 fully saturated rings. The van der Waals surface area contributed by atoms with Gasteiger partial charge in [-0.15, -0.1) is 0 Å². The number of hydrogen-bond acceptors (Lipinski definition) is 5. The summed E-state index contributed by atoms with van der Waals surface area (Å²) >= 11 is 0. The molecule has 1 amide bonds. The molecule has 0 atom stereocenters. The van der Waals surface area contributed by atoms with Crippen LogP contribution < -0.4 is 5.32 Å². The van der Waals surface area contributed by atoms with Crippen LogP contribution in [0, 0.1) is 5.82 Å². The van der Waals surface area contributed by atoms with Gasteiger partial charge >= 0.3 is 5.97 Å². The van der Waals surface area contributed by atoms with Gasteiger partial charge in [-0.3, -0.25) is 14.2 Å². The molecular formula is C18H18FN5O3. The third-order valence-corrected chi connectivity index (χ3v) is 3.72. The molecule has 9 heteroatoms. The molecule has 0 aliphatic carbocycles. The van der Waals surface area contributed by atoms with Gasteiger partial charge in [-0.2, -0.15) is 10.2 Å². The number of amides is 1. The van der Waals surface area contributed by atoms with Gasteiger partial charge < -0.3 is 10.1 Å². The van der Waals surface area contributed by atoms with Crippen molar-refractivity contribution in [2.75, 3.05) is 11.9 Å². The molecule has 0 aliphatic rings. The van der Waals surface area contributed by atoms with E-state index in [1.54, 1.807) is 37.0 Å². The summed E-state index contributed by atoms with van der Waals surface area (Å²) < 4.78 is 21.0. The van der Waals surface area contributed by atoms with Crippen molar-refractivity contribution in [2.45, 2.75) is 13.5 Å². The molecule has 2 heterocycles. The summed E-state index contributed by atoms with van der Waals surface area (Å²) in [5, 5.41) is 10.8. The van der Waals surface area contributed by atoms with Crippen LogP contribution in [0.1, 0.15) is 33.5 Å². The largest absolute Gasteiger partial charge is 0.461 e. The number of nitrogens with zero attached hydrogens (tertiary/aromatic N) is 4. The molecule has 140 valence electrons. The summed E-state index contributed by atoms with van der Waals surface area (Å²) in [6.07, 6.45) is 3.10. The minimum atomic E-state index is -0.547. The molecule has 0 unspecified atom stereocenters. The standard InChI is InChI=1S/C18H18FN5O3/c1-3-27-18(26)16-8-15(22-23(16)2)17(25)21-14-9-20-24(11-14)10-12-5-4-6-13(19)7-12/h4-9,11H,3,10H2,1-2H3,(H,21,25). The number of carbonyl (C=O) groups is 2. The van der Waals surface area contributed by atoms with Gasteiger partial charge in [0, 0.05) is 19.3 Å². The number of halogens is 1. The summed E-state index contributed by atoms with van der Waals surface area (Å²) in [7, 11) is 1.56. The molecule has 27 heavy (non-hydrogen) atoms. The summed E-state index contributed by atoms with van der Waals surface area (Å²) in [6.45, 7) is 2.30. The van der Waals surface area contributed by atoms with E-state index in [0.717, 1.165) is 5.56 Å². The first-order valence-corrected chi connectivity index (χ1v) is 8.25. The van der Waals surface area contributed by atoms with Gasteiger partial charge in [-0.25, -0.2) is 9.18 Å². The first-order chi connectivity index (χ1) is 13.0. The number of aromatic nitrogens is 4. The lowest BCUT2D eigenvalue weighted by Gasteiger charge is -2.02. The maximum atomic E-state index is 13.2. The molecule has 0 spiro atoms. The highest BCUT2D eigenvalue weighted by atomic mass is 19.1. The first kappa shape index (κ1) is 18.3. The number of carbonyl (C=O) groups excluding carboxylic acids is 2. The third kappa shape index (κ3) is 4.38. The van der Waals surface area contributed by atoms with Crippen molar-refractivity contribution in [3.05, 3.63) is 65.5 Å². The zero-order valence-electron chi connectivity index (χ0n) is 14.8. The van der Waals surface area contributed by atoms with Gasteiger partial charge in [0.1, 0.15) is 11.5 Å². The lowest BCUT2D eigenvalue weighted by Crippen LogP contribution is -2.12. The summed E-state index contributed by atoms with van der Waals surface area (Å²) in [4.78, 5) is 24.2. The van der Waals surface area contributed by atoms with Crippen LogP contribution >= 0.6 is 0 Å². The maximum absolute atomic E-state index is 13.2. The van der Waals surface area contributed by atoms with Gasteiger partial charge in [-0.05, 0) is 24.6 Å². The Morgan fingerprint density at radius 1 is 1.30 bits per heavy atom. The van der Waals surface area contributed by atoms with Gasteiger partial charge in [0.2, 0.25) is 0 Å².